The third-order valence-corrected chi connectivity index (χ3v) is 5.05. The van der Waals surface area contributed by atoms with Gasteiger partial charge in [0, 0.05) is 5.56 Å². The number of hydrogen-bond acceptors (Lipinski definition) is 4. The van der Waals surface area contributed by atoms with Crippen molar-refractivity contribution in [1.82, 2.24) is 10.6 Å². The number of amides is 2. The third-order valence-electron chi connectivity index (χ3n) is 5.05. The number of nitrogens with one attached hydrogen (secondary N) is 2. The summed E-state index contributed by atoms with van der Waals surface area (Å²) in [6.07, 6.45) is 1.25. The van der Waals surface area contributed by atoms with Crippen molar-refractivity contribution >= 4 is 17.8 Å². The molecule has 0 bridgehead atoms. The fraction of sp³-hybridized carbons (Fsp3) is 0.375. The lowest BCUT2D eigenvalue weighted by atomic mass is 9.88. The van der Waals surface area contributed by atoms with Crippen LogP contribution >= 0.6 is 0 Å². The molecule has 2 aromatic carbocycles. The van der Waals surface area contributed by atoms with E-state index in [4.69, 9.17) is 4.74 Å². The van der Waals surface area contributed by atoms with E-state index in [0.717, 1.165) is 5.56 Å². The van der Waals surface area contributed by atoms with Crippen molar-refractivity contribution in [2.45, 2.75) is 45.3 Å². The zero-order valence-electron chi connectivity index (χ0n) is 17.6. The zero-order valence-corrected chi connectivity index (χ0v) is 17.6. The Kier molecular flexibility index (Phi) is 6.25. The minimum absolute atomic E-state index is 0.202. The van der Waals surface area contributed by atoms with E-state index in [1.54, 1.807) is 45.0 Å². The molecule has 1 aliphatic rings. The summed E-state index contributed by atoms with van der Waals surface area (Å²) >= 11 is 0. The van der Waals surface area contributed by atoms with Crippen molar-refractivity contribution in [2.75, 3.05) is 6.54 Å². The number of carbonyl (C=O) groups excluding carboxylic acids is 3. The van der Waals surface area contributed by atoms with E-state index in [0.29, 0.717) is 18.4 Å². The van der Waals surface area contributed by atoms with Gasteiger partial charge in [-0.15, -0.1) is 0 Å². The maximum atomic E-state index is 13.1. The molecule has 2 amide bonds. The van der Waals surface area contributed by atoms with E-state index in [-0.39, 0.29) is 18.4 Å². The first kappa shape index (κ1) is 21.6. The summed E-state index contributed by atoms with van der Waals surface area (Å²) in [5, 5.41) is 5.75. The average Bonchev–Trinajstić information content (AvgIpc) is 3.52. The van der Waals surface area contributed by atoms with Gasteiger partial charge in [-0.05, 0) is 51.3 Å². The number of carbonyl (C=O) groups is 3. The normalized spacial score (nSPS) is 15.6. The molecule has 158 valence electrons. The smallest absolute Gasteiger partial charge is 0.325 e. The van der Waals surface area contributed by atoms with Gasteiger partial charge in [0.1, 0.15) is 12.1 Å². The molecule has 0 aromatic heterocycles. The lowest BCUT2D eigenvalue weighted by Gasteiger charge is -2.28. The fourth-order valence-electron chi connectivity index (χ4n) is 3.48. The fourth-order valence-corrected chi connectivity index (χ4v) is 3.48. The maximum absolute atomic E-state index is 13.1. The Morgan fingerprint density at radius 3 is 2.07 bits per heavy atom. The van der Waals surface area contributed by atoms with Gasteiger partial charge >= 0.3 is 5.97 Å². The number of rotatable bonds is 7. The first-order valence-electron chi connectivity index (χ1n) is 10.1. The van der Waals surface area contributed by atoms with Crippen molar-refractivity contribution in [3.05, 3.63) is 71.8 Å². The predicted molar refractivity (Wildman–Crippen MR) is 114 cm³/mol. The average molecular weight is 408 g/mol. The van der Waals surface area contributed by atoms with Crippen molar-refractivity contribution in [3.8, 4) is 0 Å². The largest absolute Gasteiger partial charge is 0.459 e. The van der Waals surface area contributed by atoms with E-state index in [1.165, 1.54) is 0 Å². The zero-order chi connectivity index (χ0) is 21.8. The summed E-state index contributed by atoms with van der Waals surface area (Å²) in [5.41, 5.74) is -0.0153. The Balaban J connectivity index is 1.76. The van der Waals surface area contributed by atoms with E-state index in [2.05, 4.69) is 10.6 Å². The molecule has 1 saturated carbocycles. The first-order valence-corrected chi connectivity index (χ1v) is 10.1. The first-order chi connectivity index (χ1) is 14.2. The summed E-state index contributed by atoms with van der Waals surface area (Å²) in [6, 6.07) is 17.9. The van der Waals surface area contributed by atoms with E-state index in [1.807, 2.05) is 36.4 Å². The molecule has 0 radical (unpaired) electrons. The van der Waals surface area contributed by atoms with Gasteiger partial charge in [-0.1, -0.05) is 48.5 Å². The Bertz CT molecular complexity index is 900. The summed E-state index contributed by atoms with van der Waals surface area (Å²) in [7, 11) is 0. The molecule has 0 aliphatic heterocycles. The van der Waals surface area contributed by atoms with Crippen molar-refractivity contribution in [1.29, 1.82) is 0 Å². The highest BCUT2D eigenvalue weighted by atomic mass is 16.6. The van der Waals surface area contributed by atoms with Gasteiger partial charge in [0.05, 0.1) is 11.5 Å². The molecular formula is C24H28N2O4. The van der Waals surface area contributed by atoms with Gasteiger partial charge in [-0.3, -0.25) is 14.4 Å². The summed E-state index contributed by atoms with van der Waals surface area (Å²) in [6.45, 7) is 5.13. The Morgan fingerprint density at radius 2 is 1.53 bits per heavy atom. The van der Waals surface area contributed by atoms with Crippen LogP contribution in [0, 0.1) is 5.41 Å². The minimum Gasteiger partial charge on any atom is -0.459 e. The van der Waals surface area contributed by atoms with Crippen molar-refractivity contribution in [3.63, 3.8) is 0 Å². The second-order valence-corrected chi connectivity index (χ2v) is 8.61. The Labute approximate surface area is 177 Å². The number of ether oxygens (including phenoxy) is 1. The minimum atomic E-state index is -0.784. The Hall–Kier alpha value is -3.15. The predicted octanol–water partition coefficient (Wildman–Crippen LogP) is 3.40. The highest BCUT2D eigenvalue weighted by Gasteiger charge is 2.56. The van der Waals surface area contributed by atoms with Crippen LogP contribution in [0.2, 0.25) is 0 Å². The van der Waals surface area contributed by atoms with Gasteiger partial charge in [-0.2, -0.15) is 0 Å². The summed E-state index contributed by atoms with van der Waals surface area (Å²) < 4.78 is 5.27. The number of hydrogen-bond donors (Lipinski definition) is 2. The quantitative estimate of drug-likeness (QED) is 0.688. The molecule has 6 heteroatoms. The Morgan fingerprint density at radius 1 is 0.967 bits per heavy atom. The molecule has 6 nitrogen and oxygen atoms in total. The lowest BCUT2D eigenvalue weighted by Crippen LogP contribution is -2.45. The summed E-state index contributed by atoms with van der Waals surface area (Å²) in [4.78, 5) is 37.9. The van der Waals surface area contributed by atoms with Crippen LogP contribution in [0.25, 0.3) is 0 Å². The van der Waals surface area contributed by atoms with Gasteiger partial charge in [-0.25, -0.2) is 0 Å². The summed E-state index contributed by atoms with van der Waals surface area (Å²) in [5.74, 6) is -0.984. The van der Waals surface area contributed by atoms with Crippen molar-refractivity contribution < 1.29 is 19.1 Å². The molecule has 1 fully saturated rings. The molecule has 2 aromatic rings. The monoisotopic (exact) mass is 408 g/mol. The topological polar surface area (TPSA) is 84.5 Å². The van der Waals surface area contributed by atoms with Crippen LogP contribution in [-0.4, -0.2) is 29.9 Å². The molecule has 30 heavy (non-hydrogen) atoms. The highest BCUT2D eigenvalue weighted by Crippen LogP contribution is 2.55. The van der Waals surface area contributed by atoms with E-state index in [9.17, 15) is 14.4 Å². The lowest BCUT2D eigenvalue weighted by molar-refractivity contribution is -0.154. The van der Waals surface area contributed by atoms with Gasteiger partial charge in [0.25, 0.3) is 5.91 Å². The SMILES string of the molecule is CC(C)(C)OC(=O)CNC(=O)C1(C(NC(=O)c2ccccc2)c2ccccc2)CC1. The standard InChI is InChI=1S/C24H28N2O4/c1-23(2,3)30-19(27)16-25-22(29)24(14-15-24)20(17-10-6-4-7-11-17)26-21(28)18-12-8-5-9-13-18/h4-13,20H,14-16H2,1-3H3,(H,25,29)(H,26,28). The maximum Gasteiger partial charge on any atom is 0.325 e. The molecule has 2 N–H and O–H groups in total. The van der Waals surface area contributed by atoms with Crippen LogP contribution in [0.5, 0.6) is 0 Å². The van der Waals surface area contributed by atoms with Gasteiger partial charge in [0.2, 0.25) is 5.91 Å². The van der Waals surface area contributed by atoms with Crippen LogP contribution in [-0.2, 0) is 14.3 Å². The van der Waals surface area contributed by atoms with Crippen LogP contribution in [0.1, 0.15) is 55.6 Å². The second-order valence-electron chi connectivity index (χ2n) is 8.61. The molecule has 0 saturated heterocycles. The van der Waals surface area contributed by atoms with Gasteiger partial charge in [0.15, 0.2) is 0 Å². The van der Waals surface area contributed by atoms with Crippen LogP contribution in [0.15, 0.2) is 60.7 Å². The van der Waals surface area contributed by atoms with Crippen LogP contribution in [0.4, 0.5) is 0 Å². The third kappa shape index (κ3) is 5.26. The van der Waals surface area contributed by atoms with Crippen LogP contribution < -0.4 is 10.6 Å². The molecule has 0 heterocycles. The number of esters is 1. The van der Waals surface area contributed by atoms with Crippen molar-refractivity contribution in [2.24, 2.45) is 5.41 Å². The molecule has 1 atom stereocenters. The van der Waals surface area contributed by atoms with E-state index >= 15 is 0 Å². The van der Waals surface area contributed by atoms with Crippen LogP contribution in [0.3, 0.4) is 0 Å². The van der Waals surface area contributed by atoms with Gasteiger partial charge < -0.3 is 15.4 Å². The molecular weight excluding hydrogens is 380 g/mol. The number of benzene rings is 2. The molecule has 1 aliphatic carbocycles. The molecule has 1 unspecified atom stereocenters. The molecule has 3 rings (SSSR count). The second kappa shape index (κ2) is 8.69. The molecule has 0 spiro atoms. The van der Waals surface area contributed by atoms with E-state index < -0.39 is 23.0 Å². The highest BCUT2D eigenvalue weighted by molar-refractivity contribution is 5.96.